The first-order valence-electron chi connectivity index (χ1n) is 6.83. The van der Waals surface area contributed by atoms with E-state index in [1.165, 1.54) is 5.69 Å². The number of aliphatic hydroxyl groups excluding tert-OH is 2. The molecule has 0 aromatic heterocycles. The Hall–Kier alpha value is -1.06. The molecule has 2 rings (SSSR count). The fourth-order valence-corrected chi connectivity index (χ4v) is 2.56. The van der Waals surface area contributed by atoms with Gasteiger partial charge in [-0.2, -0.15) is 0 Å². The van der Waals surface area contributed by atoms with E-state index in [2.05, 4.69) is 17.0 Å². The molecule has 3 unspecified atom stereocenters. The zero-order chi connectivity index (χ0) is 13.1. The summed E-state index contributed by atoms with van der Waals surface area (Å²) in [7, 11) is 0. The van der Waals surface area contributed by atoms with E-state index in [0.29, 0.717) is 5.92 Å². The van der Waals surface area contributed by atoms with Crippen LogP contribution in [0.3, 0.4) is 0 Å². The van der Waals surface area contributed by atoms with Crippen molar-refractivity contribution in [3.8, 4) is 0 Å². The number of anilines is 1. The summed E-state index contributed by atoms with van der Waals surface area (Å²) in [5, 5.41) is 19.4. The smallest absolute Gasteiger partial charge is 0.0787 e. The van der Waals surface area contributed by atoms with Gasteiger partial charge in [0.25, 0.3) is 0 Å². The van der Waals surface area contributed by atoms with Crippen LogP contribution in [0.15, 0.2) is 24.3 Å². The molecule has 1 fully saturated rings. The molecule has 1 aromatic rings. The summed E-state index contributed by atoms with van der Waals surface area (Å²) in [5.74, 6) is 0.380. The van der Waals surface area contributed by atoms with Gasteiger partial charge in [-0.05, 0) is 37.5 Å². The molecular formula is C15H23NO2. The maximum absolute atomic E-state index is 9.75. The third-order valence-corrected chi connectivity index (χ3v) is 3.94. The standard InChI is InChI=1S/C15H23NO2/c1-3-15(18)12-4-6-14(7-5-12)16-9-8-13(10-16)11(2)17/h4-7,11,13,15,17-18H,3,8-10H2,1-2H3. The fraction of sp³-hybridized carbons (Fsp3) is 0.600. The van der Waals surface area contributed by atoms with Crippen molar-refractivity contribution in [3.05, 3.63) is 29.8 Å². The van der Waals surface area contributed by atoms with Crippen LogP contribution in [0.2, 0.25) is 0 Å². The van der Waals surface area contributed by atoms with Crippen molar-refractivity contribution in [2.24, 2.45) is 5.92 Å². The summed E-state index contributed by atoms with van der Waals surface area (Å²) in [6.45, 7) is 5.78. The van der Waals surface area contributed by atoms with Gasteiger partial charge < -0.3 is 15.1 Å². The molecule has 0 spiro atoms. The first-order chi connectivity index (χ1) is 8.61. The Morgan fingerprint density at radius 3 is 2.44 bits per heavy atom. The van der Waals surface area contributed by atoms with Gasteiger partial charge in [-0.1, -0.05) is 19.1 Å². The fourth-order valence-electron chi connectivity index (χ4n) is 2.56. The van der Waals surface area contributed by atoms with Crippen LogP contribution in [0, 0.1) is 5.92 Å². The van der Waals surface area contributed by atoms with Crippen LogP contribution < -0.4 is 4.90 Å². The monoisotopic (exact) mass is 249 g/mol. The third kappa shape index (κ3) is 2.85. The molecule has 0 radical (unpaired) electrons. The van der Waals surface area contributed by atoms with Crippen LogP contribution in [-0.4, -0.2) is 29.4 Å². The summed E-state index contributed by atoms with van der Waals surface area (Å²) in [4.78, 5) is 2.31. The predicted molar refractivity (Wildman–Crippen MR) is 73.7 cm³/mol. The lowest BCUT2D eigenvalue weighted by Gasteiger charge is -2.20. The quantitative estimate of drug-likeness (QED) is 0.861. The Labute approximate surface area is 109 Å². The molecule has 3 atom stereocenters. The Kier molecular flexibility index (Phi) is 4.25. The Balaban J connectivity index is 2.02. The van der Waals surface area contributed by atoms with Crippen LogP contribution in [0.1, 0.15) is 38.4 Å². The SMILES string of the molecule is CCC(O)c1ccc(N2CCC(C(C)O)C2)cc1. The number of hydrogen-bond donors (Lipinski definition) is 2. The average molecular weight is 249 g/mol. The first-order valence-corrected chi connectivity index (χ1v) is 6.83. The van der Waals surface area contributed by atoms with Crippen LogP contribution in [0.25, 0.3) is 0 Å². The summed E-state index contributed by atoms with van der Waals surface area (Å²) < 4.78 is 0. The minimum Gasteiger partial charge on any atom is -0.393 e. The average Bonchev–Trinajstić information content (AvgIpc) is 2.88. The molecule has 3 nitrogen and oxygen atoms in total. The van der Waals surface area contributed by atoms with E-state index in [4.69, 9.17) is 0 Å². The Morgan fingerprint density at radius 1 is 1.28 bits per heavy atom. The molecule has 0 aliphatic carbocycles. The van der Waals surface area contributed by atoms with E-state index < -0.39 is 0 Å². The summed E-state index contributed by atoms with van der Waals surface area (Å²) in [6.07, 6.45) is 1.21. The van der Waals surface area contributed by atoms with Gasteiger partial charge in [-0.3, -0.25) is 0 Å². The second-order valence-corrected chi connectivity index (χ2v) is 5.25. The normalized spacial score (nSPS) is 23.1. The lowest BCUT2D eigenvalue weighted by Crippen LogP contribution is -2.23. The molecule has 1 aliphatic rings. The Morgan fingerprint density at radius 2 is 1.94 bits per heavy atom. The second kappa shape index (κ2) is 5.72. The van der Waals surface area contributed by atoms with Crippen molar-refractivity contribution < 1.29 is 10.2 Å². The van der Waals surface area contributed by atoms with Crippen LogP contribution in [0.5, 0.6) is 0 Å². The van der Waals surface area contributed by atoms with Gasteiger partial charge in [0.1, 0.15) is 0 Å². The van der Waals surface area contributed by atoms with Crippen molar-refractivity contribution in [1.29, 1.82) is 0 Å². The summed E-state index contributed by atoms with van der Waals surface area (Å²) >= 11 is 0. The maximum Gasteiger partial charge on any atom is 0.0787 e. The predicted octanol–water partition coefficient (Wildman–Crippen LogP) is 2.34. The number of hydrogen-bond acceptors (Lipinski definition) is 3. The lowest BCUT2D eigenvalue weighted by atomic mass is 10.0. The lowest BCUT2D eigenvalue weighted by molar-refractivity contribution is 0.136. The van der Waals surface area contributed by atoms with Gasteiger partial charge >= 0.3 is 0 Å². The molecule has 1 heterocycles. The van der Waals surface area contributed by atoms with E-state index >= 15 is 0 Å². The first kappa shape index (κ1) is 13.4. The summed E-state index contributed by atoms with van der Waals surface area (Å²) in [6, 6.07) is 8.13. The molecule has 100 valence electrons. The van der Waals surface area contributed by atoms with Gasteiger partial charge in [-0.15, -0.1) is 0 Å². The highest BCUT2D eigenvalue weighted by molar-refractivity contribution is 5.48. The number of rotatable bonds is 4. The third-order valence-electron chi connectivity index (χ3n) is 3.94. The minimum absolute atomic E-state index is 0.226. The zero-order valence-electron chi connectivity index (χ0n) is 11.2. The molecule has 3 heteroatoms. The molecular weight excluding hydrogens is 226 g/mol. The van der Waals surface area contributed by atoms with E-state index in [-0.39, 0.29) is 12.2 Å². The summed E-state index contributed by atoms with van der Waals surface area (Å²) in [5.41, 5.74) is 2.16. The highest BCUT2D eigenvalue weighted by Gasteiger charge is 2.26. The van der Waals surface area contributed by atoms with E-state index in [1.54, 1.807) is 0 Å². The molecule has 1 saturated heterocycles. The van der Waals surface area contributed by atoms with Crippen molar-refractivity contribution in [3.63, 3.8) is 0 Å². The highest BCUT2D eigenvalue weighted by atomic mass is 16.3. The van der Waals surface area contributed by atoms with Gasteiger partial charge in [-0.25, -0.2) is 0 Å². The minimum atomic E-state index is -0.358. The van der Waals surface area contributed by atoms with Gasteiger partial charge in [0.15, 0.2) is 0 Å². The molecule has 1 aliphatic heterocycles. The van der Waals surface area contributed by atoms with Crippen molar-refractivity contribution in [2.45, 2.75) is 38.9 Å². The van der Waals surface area contributed by atoms with E-state index in [9.17, 15) is 10.2 Å². The van der Waals surface area contributed by atoms with Gasteiger partial charge in [0.2, 0.25) is 0 Å². The Bertz CT molecular complexity index is 375. The van der Waals surface area contributed by atoms with Crippen molar-refractivity contribution in [1.82, 2.24) is 0 Å². The van der Waals surface area contributed by atoms with Crippen molar-refractivity contribution in [2.75, 3.05) is 18.0 Å². The molecule has 0 amide bonds. The van der Waals surface area contributed by atoms with E-state index in [0.717, 1.165) is 31.5 Å². The van der Waals surface area contributed by atoms with Gasteiger partial charge in [0.05, 0.1) is 12.2 Å². The van der Waals surface area contributed by atoms with Crippen molar-refractivity contribution >= 4 is 5.69 Å². The topological polar surface area (TPSA) is 43.7 Å². The molecule has 1 aromatic carbocycles. The number of nitrogens with zero attached hydrogens (tertiary/aromatic N) is 1. The molecule has 0 saturated carbocycles. The maximum atomic E-state index is 9.75. The number of aliphatic hydroxyl groups is 2. The van der Waals surface area contributed by atoms with Crippen LogP contribution >= 0.6 is 0 Å². The highest BCUT2D eigenvalue weighted by Crippen LogP contribution is 2.27. The largest absolute Gasteiger partial charge is 0.393 e. The van der Waals surface area contributed by atoms with Crippen LogP contribution in [0.4, 0.5) is 5.69 Å². The van der Waals surface area contributed by atoms with E-state index in [1.807, 2.05) is 26.0 Å². The van der Waals surface area contributed by atoms with Crippen LogP contribution in [-0.2, 0) is 0 Å². The molecule has 0 bridgehead atoms. The van der Waals surface area contributed by atoms with Gasteiger partial charge in [0, 0.05) is 24.7 Å². The zero-order valence-corrected chi connectivity index (χ0v) is 11.2. The number of benzene rings is 1. The molecule has 2 N–H and O–H groups in total. The second-order valence-electron chi connectivity index (χ2n) is 5.25. The molecule has 18 heavy (non-hydrogen) atoms.